The van der Waals surface area contributed by atoms with Crippen molar-refractivity contribution in [3.8, 4) is 0 Å². The number of ether oxygens (including phenoxy) is 1. The summed E-state index contributed by atoms with van der Waals surface area (Å²) in [5.41, 5.74) is 8.20. The van der Waals surface area contributed by atoms with Crippen molar-refractivity contribution in [2.24, 2.45) is 5.73 Å². The van der Waals surface area contributed by atoms with Crippen LogP contribution in [0, 0.1) is 0 Å². The van der Waals surface area contributed by atoms with Crippen LogP contribution in [0.5, 0.6) is 0 Å². The molecule has 0 unspecified atom stereocenters. The fraction of sp³-hybridized carbons (Fsp3) is 0.500. The normalized spacial score (nSPS) is 15.8. The van der Waals surface area contributed by atoms with Gasteiger partial charge >= 0.3 is 5.97 Å². The molecule has 1 aromatic carbocycles. The Morgan fingerprint density at radius 2 is 2.05 bits per heavy atom. The number of carbonyl (C=O) groups is 2. The van der Waals surface area contributed by atoms with E-state index in [1.807, 2.05) is 17.0 Å². The first-order valence-corrected chi connectivity index (χ1v) is 7.29. The summed E-state index contributed by atoms with van der Waals surface area (Å²) in [6.45, 7) is 1.39. The summed E-state index contributed by atoms with van der Waals surface area (Å²) in [5.74, 6) is -0.421. The van der Waals surface area contributed by atoms with Crippen LogP contribution in [0.2, 0.25) is 0 Å². The number of nitrogens with two attached hydrogens (primary N) is 1. The lowest BCUT2D eigenvalue weighted by atomic mass is 10.0. The van der Waals surface area contributed by atoms with Crippen LogP contribution in [0.3, 0.4) is 0 Å². The lowest BCUT2D eigenvalue weighted by molar-refractivity contribution is -0.142. The summed E-state index contributed by atoms with van der Waals surface area (Å²) in [6, 6.07) is 7.50. The van der Waals surface area contributed by atoms with E-state index in [0.29, 0.717) is 13.0 Å². The Kier molecular flexibility index (Phi) is 5.33. The lowest BCUT2D eigenvalue weighted by Gasteiger charge is -2.21. The van der Waals surface area contributed by atoms with Crippen LogP contribution in [-0.4, -0.2) is 36.5 Å². The zero-order valence-corrected chi connectivity index (χ0v) is 12.4. The Hall–Kier alpha value is -1.88. The Balaban J connectivity index is 1.93. The summed E-state index contributed by atoms with van der Waals surface area (Å²) in [4.78, 5) is 25.4. The minimum atomic E-state index is -0.724. The standard InChI is InChI=1S/C16H22N2O3/c1-21-16(20)14(17)8-9-15(19)18-10-4-7-12-5-2-3-6-13(12)11-18/h2-3,5-6,14H,4,7-11,17H2,1H3/t14-/m0/s1. The quantitative estimate of drug-likeness (QED) is 0.847. The molecule has 1 aromatic rings. The zero-order chi connectivity index (χ0) is 15.2. The highest BCUT2D eigenvalue weighted by molar-refractivity contribution is 5.79. The van der Waals surface area contributed by atoms with Crippen LogP contribution < -0.4 is 5.73 Å². The molecule has 0 radical (unpaired) electrons. The van der Waals surface area contributed by atoms with Crippen LogP contribution in [0.25, 0.3) is 0 Å². The molecule has 1 aliphatic heterocycles. The van der Waals surface area contributed by atoms with Gasteiger partial charge in [0.25, 0.3) is 0 Å². The second-order valence-corrected chi connectivity index (χ2v) is 5.36. The highest BCUT2D eigenvalue weighted by Crippen LogP contribution is 2.19. The third-order valence-electron chi connectivity index (χ3n) is 3.88. The molecule has 0 fully saturated rings. The van der Waals surface area contributed by atoms with Gasteiger partial charge in [0.15, 0.2) is 0 Å². The molecule has 0 aromatic heterocycles. The molecule has 1 atom stereocenters. The van der Waals surface area contributed by atoms with Crippen LogP contribution in [0.4, 0.5) is 0 Å². The minimum Gasteiger partial charge on any atom is -0.468 e. The van der Waals surface area contributed by atoms with Crippen molar-refractivity contribution < 1.29 is 14.3 Å². The van der Waals surface area contributed by atoms with Gasteiger partial charge < -0.3 is 15.4 Å². The fourth-order valence-corrected chi connectivity index (χ4v) is 2.62. The predicted octanol–water partition coefficient (Wildman–Crippen LogP) is 1.24. The van der Waals surface area contributed by atoms with E-state index < -0.39 is 12.0 Å². The van der Waals surface area contributed by atoms with Crippen LogP contribution in [0.15, 0.2) is 24.3 Å². The van der Waals surface area contributed by atoms with E-state index in [1.165, 1.54) is 18.2 Å². The number of aryl methyl sites for hydroxylation is 1. The molecular weight excluding hydrogens is 268 g/mol. The van der Waals surface area contributed by atoms with Gasteiger partial charge in [-0.05, 0) is 30.4 Å². The predicted molar refractivity (Wildman–Crippen MR) is 79.4 cm³/mol. The van der Waals surface area contributed by atoms with Gasteiger partial charge in [-0.1, -0.05) is 24.3 Å². The molecule has 21 heavy (non-hydrogen) atoms. The Morgan fingerprint density at radius 1 is 1.33 bits per heavy atom. The van der Waals surface area contributed by atoms with Crippen molar-refractivity contribution in [2.45, 2.75) is 38.3 Å². The largest absolute Gasteiger partial charge is 0.468 e. The Labute approximate surface area is 125 Å². The third kappa shape index (κ3) is 4.04. The molecule has 0 aliphatic carbocycles. The number of hydrogen-bond donors (Lipinski definition) is 1. The van der Waals surface area contributed by atoms with E-state index in [0.717, 1.165) is 19.4 Å². The Morgan fingerprint density at radius 3 is 2.76 bits per heavy atom. The summed E-state index contributed by atoms with van der Waals surface area (Å²) < 4.78 is 4.57. The van der Waals surface area contributed by atoms with Crippen molar-refractivity contribution >= 4 is 11.9 Å². The first-order chi connectivity index (χ1) is 10.1. The molecular formula is C16H22N2O3. The maximum absolute atomic E-state index is 12.3. The average molecular weight is 290 g/mol. The molecule has 0 saturated carbocycles. The van der Waals surface area contributed by atoms with E-state index in [1.54, 1.807) is 0 Å². The number of benzene rings is 1. The van der Waals surface area contributed by atoms with E-state index in [4.69, 9.17) is 5.73 Å². The molecule has 2 rings (SSSR count). The number of carbonyl (C=O) groups excluding carboxylic acids is 2. The first kappa shape index (κ1) is 15.5. The summed E-state index contributed by atoms with van der Waals surface area (Å²) in [5, 5.41) is 0. The third-order valence-corrected chi connectivity index (χ3v) is 3.88. The highest BCUT2D eigenvalue weighted by Gasteiger charge is 2.21. The molecule has 0 bridgehead atoms. The Bertz CT molecular complexity index is 516. The zero-order valence-electron chi connectivity index (χ0n) is 12.4. The second-order valence-electron chi connectivity index (χ2n) is 5.36. The molecule has 5 heteroatoms. The smallest absolute Gasteiger partial charge is 0.322 e. The number of methoxy groups -OCH3 is 1. The molecule has 1 aliphatic rings. The highest BCUT2D eigenvalue weighted by atomic mass is 16.5. The molecule has 1 heterocycles. The molecule has 1 amide bonds. The topological polar surface area (TPSA) is 72.6 Å². The van der Waals surface area contributed by atoms with Crippen molar-refractivity contribution in [3.05, 3.63) is 35.4 Å². The van der Waals surface area contributed by atoms with Gasteiger partial charge in [-0.3, -0.25) is 9.59 Å². The summed E-state index contributed by atoms with van der Waals surface area (Å²) in [7, 11) is 1.30. The van der Waals surface area contributed by atoms with E-state index >= 15 is 0 Å². The van der Waals surface area contributed by atoms with Gasteiger partial charge in [0, 0.05) is 19.5 Å². The van der Waals surface area contributed by atoms with Crippen molar-refractivity contribution in [1.29, 1.82) is 0 Å². The van der Waals surface area contributed by atoms with Crippen LogP contribution in [-0.2, 0) is 27.3 Å². The average Bonchev–Trinajstić information content (AvgIpc) is 2.73. The van der Waals surface area contributed by atoms with E-state index in [9.17, 15) is 9.59 Å². The molecule has 0 saturated heterocycles. The molecule has 5 nitrogen and oxygen atoms in total. The van der Waals surface area contributed by atoms with Gasteiger partial charge in [0.05, 0.1) is 7.11 Å². The monoisotopic (exact) mass is 290 g/mol. The number of hydrogen-bond acceptors (Lipinski definition) is 4. The summed E-state index contributed by atoms with van der Waals surface area (Å²) >= 11 is 0. The van der Waals surface area contributed by atoms with Gasteiger partial charge in [0.1, 0.15) is 6.04 Å². The number of esters is 1. The molecule has 2 N–H and O–H groups in total. The summed E-state index contributed by atoms with van der Waals surface area (Å²) in [6.07, 6.45) is 2.57. The molecule has 114 valence electrons. The SMILES string of the molecule is COC(=O)[C@@H](N)CCC(=O)N1CCCc2ccccc2C1. The van der Waals surface area contributed by atoms with Gasteiger partial charge in [-0.15, -0.1) is 0 Å². The number of amides is 1. The number of nitrogens with zero attached hydrogens (tertiary/aromatic N) is 1. The maximum atomic E-state index is 12.3. The number of fused-ring (bicyclic) bond motifs is 1. The van der Waals surface area contributed by atoms with Crippen molar-refractivity contribution in [3.63, 3.8) is 0 Å². The fourth-order valence-electron chi connectivity index (χ4n) is 2.62. The van der Waals surface area contributed by atoms with Crippen LogP contribution >= 0.6 is 0 Å². The molecule has 0 spiro atoms. The second kappa shape index (κ2) is 7.22. The van der Waals surface area contributed by atoms with Crippen LogP contribution in [0.1, 0.15) is 30.4 Å². The minimum absolute atomic E-state index is 0.0473. The maximum Gasteiger partial charge on any atom is 0.322 e. The van der Waals surface area contributed by atoms with E-state index in [-0.39, 0.29) is 12.3 Å². The lowest BCUT2D eigenvalue weighted by Crippen LogP contribution is -2.35. The van der Waals surface area contributed by atoms with Crippen molar-refractivity contribution in [2.75, 3.05) is 13.7 Å². The van der Waals surface area contributed by atoms with Crippen molar-refractivity contribution in [1.82, 2.24) is 4.90 Å². The van der Waals surface area contributed by atoms with Gasteiger partial charge in [-0.2, -0.15) is 0 Å². The number of rotatable bonds is 4. The van der Waals surface area contributed by atoms with Gasteiger partial charge in [-0.25, -0.2) is 0 Å². The van der Waals surface area contributed by atoms with E-state index in [2.05, 4.69) is 16.9 Å². The first-order valence-electron chi connectivity index (χ1n) is 7.29. The van der Waals surface area contributed by atoms with Gasteiger partial charge in [0.2, 0.25) is 5.91 Å².